The van der Waals surface area contributed by atoms with Crippen LogP contribution in [0.1, 0.15) is 49.7 Å². The number of nitrogens with two attached hydrogens (primary N) is 1. The van der Waals surface area contributed by atoms with Gasteiger partial charge in [-0.15, -0.1) is 13.2 Å². The number of amides is 2. The number of hydrogen-bond acceptors (Lipinski definition) is 6. The molecule has 0 bridgehead atoms. The van der Waals surface area contributed by atoms with Gasteiger partial charge in [-0.2, -0.15) is 0 Å². The second-order valence-electron chi connectivity index (χ2n) is 9.60. The van der Waals surface area contributed by atoms with E-state index >= 15 is 0 Å². The van der Waals surface area contributed by atoms with Crippen LogP contribution in [0.15, 0.2) is 47.5 Å². The molecule has 2 amide bonds. The second-order valence-corrected chi connectivity index (χ2v) is 9.60. The maximum atomic E-state index is 13.1. The molecular weight excluding hydrogens is 529 g/mol. The number of carbonyl (C=O) groups excluding carboxylic acids is 2. The van der Waals surface area contributed by atoms with Crippen molar-refractivity contribution in [1.29, 1.82) is 0 Å². The lowest BCUT2D eigenvalue weighted by molar-refractivity contribution is -0.274. The molecule has 4 N–H and O–H groups in total. The van der Waals surface area contributed by atoms with Gasteiger partial charge in [0.1, 0.15) is 11.8 Å². The van der Waals surface area contributed by atoms with E-state index in [1.807, 2.05) is 0 Å². The molecule has 1 aliphatic carbocycles. The largest absolute Gasteiger partial charge is 0.573 e. The first-order valence-corrected chi connectivity index (χ1v) is 13.0. The normalized spacial score (nSPS) is 15.2. The van der Waals surface area contributed by atoms with Crippen LogP contribution in [0, 0.1) is 5.92 Å². The minimum Gasteiger partial charge on any atom is -0.493 e. The van der Waals surface area contributed by atoms with E-state index in [-0.39, 0.29) is 30.6 Å². The van der Waals surface area contributed by atoms with E-state index in [0.717, 1.165) is 32.1 Å². The van der Waals surface area contributed by atoms with Crippen molar-refractivity contribution < 1.29 is 37.0 Å². The number of methoxy groups -OCH3 is 2. The summed E-state index contributed by atoms with van der Waals surface area (Å²) in [5.74, 6) is -0.152. The standard InChI is InChI=1S/C28H35F3N4O5/c1-38-23-12-11-19(15-24(23)39-2)16-25(36)35-27(32)34-22(14-18-7-4-3-5-8-18)26(37)33-17-20-9-6-10-21(13-20)40-28(29,30)31/h6,9-13,15,18,22H,3-5,7-8,14,16-17H2,1-2H3,(H,33,37)(H3,32,34,35,36). The number of aliphatic imine (C=N–C) groups is 1. The van der Waals surface area contributed by atoms with Crippen molar-refractivity contribution in [2.24, 2.45) is 16.6 Å². The SMILES string of the molecule is COc1ccc(CC(=O)NC(N)=NC(CC2CCCCC2)C(=O)NCc2cccc(OC(F)(F)F)c2)cc1OC. The molecule has 2 aromatic carbocycles. The van der Waals surface area contributed by atoms with Crippen LogP contribution >= 0.6 is 0 Å². The number of hydrogen-bond donors (Lipinski definition) is 3. The number of nitrogens with one attached hydrogen (secondary N) is 2. The van der Waals surface area contributed by atoms with Crippen LogP contribution in [-0.4, -0.2) is 44.4 Å². The van der Waals surface area contributed by atoms with Gasteiger partial charge in [0, 0.05) is 6.54 Å². The van der Waals surface area contributed by atoms with Crippen LogP contribution in [-0.2, 0) is 22.6 Å². The average molecular weight is 565 g/mol. The van der Waals surface area contributed by atoms with Gasteiger partial charge in [-0.25, -0.2) is 4.99 Å². The molecule has 0 radical (unpaired) electrons. The number of alkyl halides is 3. The number of guanidine groups is 1. The summed E-state index contributed by atoms with van der Waals surface area (Å²) in [6, 6.07) is 9.59. The monoisotopic (exact) mass is 564 g/mol. The molecule has 3 rings (SSSR count). The summed E-state index contributed by atoms with van der Waals surface area (Å²) in [7, 11) is 3.01. The highest BCUT2D eigenvalue weighted by molar-refractivity contribution is 5.98. The Balaban J connectivity index is 1.66. The fourth-order valence-corrected chi connectivity index (χ4v) is 4.68. The fourth-order valence-electron chi connectivity index (χ4n) is 4.68. The van der Waals surface area contributed by atoms with Crippen molar-refractivity contribution in [3.8, 4) is 17.2 Å². The lowest BCUT2D eigenvalue weighted by Crippen LogP contribution is -2.42. The van der Waals surface area contributed by atoms with Crippen molar-refractivity contribution >= 4 is 17.8 Å². The number of carbonyl (C=O) groups is 2. The van der Waals surface area contributed by atoms with Crippen molar-refractivity contribution in [3.63, 3.8) is 0 Å². The summed E-state index contributed by atoms with van der Waals surface area (Å²) in [6.07, 6.45) is 0.800. The zero-order chi connectivity index (χ0) is 29.1. The molecule has 0 heterocycles. The Bertz CT molecular complexity index is 1180. The maximum Gasteiger partial charge on any atom is 0.573 e. The maximum absolute atomic E-state index is 13.1. The van der Waals surface area contributed by atoms with Crippen LogP contribution in [0.5, 0.6) is 17.2 Å². The predicted molar refractivity (Wildman–Crippen MR) is 143 cm³/mol. The Morgan fingerprint density at radius 2 is 1.75 bits per heavy atom. The smallest absolute Gasteiger partial charge is 0.493 e. The molecular formula is C28H35F3N4O5. The lowest BCUT2D eigenvalue weighted by atomic mass is 9.84. The molecule has 0 aromatic heterocycles. The highest BCUT2D eigenvalue weighted by atomic mass is 19.4. The zero-order valence-electron chi connectivity index (χ0n) is 22.6. The van der Waals surface area contributed by atoms with Crippen molar-refractivity contribution in [2.45, 2.75) is 63.9 Å². The summed E-state index contributed by atoms with van der Waals surface area (Å²) in [5, 5.41) is 5.26. The van der Waals surface area contributed by atoms with Crippen LogP contribution in [0.3, 0.4) is 0 Å². The average Bonchev–Trinajstić information content (AvgIpc) is 2.91. The van der Waals surface area contributed by atoms with Gasteiger partial charge in [-0.3, -0.25) is 14.9 Å². The van der Waals surface area contributed by atoms with Gasteiger partial charge in [0.2, 0.25) is 11.8 Å². The third-order valence-corrected chi connectivity index (χ3v) is 6.56. The van der Waals surface area contributed by atoms with Crippen LogP contribution in [0.2, 0.25) is 0 Å². The summed E-state index contributed by atoms with van der Waals surface area (Å²) in [4.78, 5) is 30.1. The third-order valence-electron chi connectivity index (χ3n) is 6.56. The van der Waals surface area contributed by atoms with Gasteiger partial charge in [-0.05, 0) is 47.7 Å². The van der Waals surface area contributed by atoms with Crippen molar-refractivity contribution in [2.75, 3.05) is 14.2 Å². The fraction of sp³-hybridized carbons (Fsp3) is 0.464. The molecule has 218 valence electrons. The first-order chi connectivity index (χ1) is 19.1. The number of rotatable bonds is 11. The summed E-state index contributed by atoms with van der Waals surface area (Å²) in [5.41, 5.74) is 7.12. The van der Waals surface area contributed by atoms with E-state index in [9.17, 15) is 22.8 Å². The van der Waals surface area contributed by atoms with Crippen molar-refractivity contribution in [1.82, 2.24) is 10.6 Å². The first kappa shape index (κ1) is 30.6. The van der Waals surface area contributed by atoms with Gasteiger partial charge < -0.3 is 25.3 Å². The van der Waals surface area contributed by atoms with Gasteiger partial charge in [0.25, 0.3) is 0 Å². The summed E-state index contributed by atoms with van der Waals surface area (Å²) in [6.45, 7) is -0.0316. The summed E-state index contributed by atoms with van der Waals surface area (Å²) >= 11 is 0. The van der Waals surface area contributed by atoms with E-state index in [4.69, 9.17) is 15.2 Å². The molecule has 1 saturated carbocycles. The number of benzene rings is 2. The molecule has 1 unspecified atom stereocenters. The Kier molecular flexibility index (Phi) is 11.0. The van der Waals surface area contributed by atoms with Crippen molar-refractivity contribution in [3.05, 3.63) is 53.6 Å². The van der Waals surface area contributed by atoms with E-state index in [1.54, 1.807) is 24.3 Å². The number of nitrogens with zero attached hydrogens (tertiary/aromatic N) is 1. The van der Waals surface area contributed by atoms with E-state index in [0.29, 0.717) is 29.0 Å². The topological polar surface area (TPSA) is 124 Å². The molecule has 1 fully saturated rings. The quantitative estimate of drug-likeness (QED) is 0.277. The molecule has 12 heteroatoms. The minimum absolute atomic E-state index is 0.00754. The molecule has 0 saturated heterocycles. The van der Waals surface area contributed by atoms with E-state index < -0.39 is 24.2 Å². The molecule has 9 nitrogen and oxygen atoms in total. The molecule has 40 heavy (non-hydrogen) atoms. The van der Waals surface area contributed by atoms with Crippen LogP contribution in [0.4, 0.5) is 13.2 Å². The highest BCUT2D eigenvalue weighted by Crippen LogP contribution is 2.29. The Morgan fingerprint density at radius 1 is 1.02 bits per heavy atom. The molecule has 0 aliphatic heterocycles. The van der Waals surface area contributed by atoms with Gasteiger partial charge in [0.15, 0.2) is 17.5 Å². The first-order valence-electron chi connectivity index (χ1n) is 13.0. The molecule has 0 spiro atoms. The van der Waals surface area contributed by atoms with Crippen LogP contribution < -0.4 is 30.6 Å². The molecule has 1 atom stereocenters. The van der Waals surface area contributed by atoms with Crippen LogP contribution in [0.25, 0.3) is 0 Å². The highest BCUT2D eigenvalue weighted by Gasteiger charge is 2.31. The molecule has 2 aromatic rings. The molecule has 1 aliphatic rings. The van der Waals surface area contributed by atoms with E-state index in [2.05, 4.69) is 20.4 Å². The van der Waals surface area contributed by atoms with Gasteiger partial charge in [-0.1, -0.05) is 50.3 Å². The Labute approximate surface area is 231 Å². The summed E-state index contributed by atoms with van der Waals surface area (Å²) < 4.78 is 52.1. The van der Waals surface area contributed by atoms with Gasteiger partial charge >= 0.3 is 6.36 Å². The number of halogens is 3. The zero-order valence-corrected chi connectivity index (χ0v) is 22.6. The Morgan fingerprint density at radius 3 is 2.42 bits per heavy atom. The van der Waals surface area contributed by atoms with Gasteiger partial charge in [0.05, 0.1) is 20.6 Å². The second kappa shape index (κ2) is 14.4. The minimum atomic E-state index is -4.82. The van der Waals surface area contributed by atoms with E-state index in [1.165, 1.54) is 32.4 Å². The predicted octanol–water partition coefficient (Wildman–Crippen LogP) is 4.23. The third kappa shape index (κ3) is 9.97. The number of ether oxygens (including phenoxy) is 3. The Hall–Kier alpha value is -3.96. The lowest BCUT2D eigenvalue weighted by Gasteiger charge is -2.24.